The van der Waals surface area contributed by atoms with Gasteiger partial charge >= 0.3 is 0 Å². The molecule has 4 aromatic rings. The van der Waals surface area contributed by atoms with Gasteiger partial charge in [-0.2, -0.15) is 0 Å². The first-order valence-electron chi connectivity index (χ1n) is 10.7. The third-order valence-corrected chi connectivity index (χ3v) is 5.54. The molecule has 0 saturated heterocycles. The van der Waals surface area contributed by atoms with E-state index in [-0.39, 0.29) is 11.8 Å². The Morgan fingerprint density at radius 3 is 2.68 bits per heavy atom. The first kappa shape index (κ1) is 21.0. The normalized spacial score (nSPS) is 13.2. The van der Waals surface area contributed by atoms with Gasteiger partial charge in [0, 0.05) is 41.9 Å². The smallest absolute Gasteiger partial charge is 0.115 e. The molecule has 3 aromatic carbocycles. The van der Waals surface area contributed by atoms with E-state index in [2.05, 4.69) is 46.9 Å². The number of hydrogen-bond acceptors (Lipinski definition) is 4. The Bertz CT molecular complexity index is 1140. The van der Waals surface area contributed by atoms with Crippen LogP contribution in [0.1, 0.15) is 29.7 Å². The maximum absolute atomic E-state index is 10.7. The average molecular weight is 416 g/mol. The average Bonchev–Trinajstić information content (AvgIpc) is 3.19. The molecular formula is C26H29N3O2. The third kappa shape index (κ3) is 5.45. The van der Waals surface area contributed by atoms with E-state index < -0.39 is 6.10 Å². The summed E-state index contributed by atoms with van der Waals surface area (Å²) in [5.41, 5.74) is 5.24. The number of phenolic OH excluding ortho intramolecular Hbond substituents is 1. The maximum Gasteiger partial charge on any atom is 0.115 e. The van der Waals surface area contributed by atoms with Gasteiger partial charge in [-0.15, -0.1) is 0 Å². The lowest BCUT2D eigenvalue weighted by atomic mass is 10.0. The number of hydrogen-bond donors (Lipinski definition) is 5. The zero-order valence-corrected chi connectivity index (χ0v) is 17.7. The topological polar surface area (TPSA) is 80.3 Å². The second kappa shape index (κ2) is 9.69. The Labute approximate surface area is 182 Å². The number of aliphatic hydroxyl groups is 1. The number of rotatable bonds is 9. The summed E-state index contributed by atoms with van der Waals surface area (Å²) in [6.45, 7) is 3.23. The Balaban J connectivity index is 1.31. The van der Waals surface area contributed by atoms with Crippen LogP contribution in [0.25, 0.3) is 10.9 Å². The van der Waals surface area contributed by atoms with E-state index in [4.69, 9.17) is 0 Å². The Morgan fingerprint density at radius 2 is 1.81 bits per heavy atom. The van der Waals surface area contributed by atoms with E-state index in [1.165, 1.54) is 10.9 Å². The van der Waals surface area contributed by atoms with Crippen LogP contribution >= 0.6 is 0 Å². The van der Waals surface area contributed by atoms with Crippen molar-refractivity contribution in [1.82, 2.24) is 10.3 Å². The van der Waals surface area contributed by atoms with Crippen molar-refractivity contribution in [1.29, 1.82) is 0 Å². The predicted octanol–water partition coefficient (Wildman–Crippen LogP) is 4.74. The van der Waals surface area contributed by atoms with Crippen molar-refractivity contribution in [3.63, 3.8) is 0 Å². The number of benzene rings is 3. The number of aliphatic hydroxyl groups excluding tert-OH is 1. The summed E-state index contributed by atoms with van der Waals surface area (Å²) >= 11 is 0. The van der Waals surface area contributed by atoms with Crippen LogP contribution in [0.4, 0.5) is 5.69 Å². The molecule has 5 heteroatoms. The Kier molecular flexibility index (Phi) is 6.55. The fraction of sp³-hybridized carbons (Fsp3) is 0.231. The lowest BCUT2D eigenvalue weighted by molar-refractivity contribution is 0.170. The van der Waals surface area contributed by atoms with Crippen LogP contribution in [0.3, 0.4) is 0 Å². The monoisotopic (exact) mass is 415 g/mol. The molecule has 0 unspecified atom stereocenters. The molecule has 5 nitrogen and oxygen atoms in total. The van der Waals surface area contributed by atoms with Gasteiger partial charge in [-0.3, -0.25) is 0 Å². The molecule has 160 valence electrons. The largest absolute Gasteiger partial charge is 0.508 e. The predicted molar refractivity (Wildman–Crippen MR) is 126 cm³/mol. The number of fused-ring (bicyclic) bond motifs is 1. The molecule has 31 heavy (non-hydrogen) atoms. The SMILES string of the molecule is C[C@H](Cc1c[nH]c2ccccc12)NC[C@H](O)c1cccc(NCc2cccc(O)c2)c1. The molecule has 1 heterocycles. The molecule has 0 aliphatic rings. The Morgan fingerprint density at radius 1 is 0.968 bits per heavy atom. The minimum absolute atomic E-state index is 0.237. The summed E-state index contributed by atoms with van der Waals surface area (Å²) in [6, 6.07) is 23.6. The van der Waals surface area contributed by atoms with Crippen LogP contribution in [0.5, 0.6) is 5.75 Å². The number of nitrogens with one attached hydrogen (secondary N) is 3. The number of aromatic amines is 1. The van der Waals surface area contributed by atoms with Crippen LogP contribution in [-0.4, -0.2) is 27.8 Å². The van der Waals surface area contributed by atoms with E-state index in [0.717, 1.165) is 28.8 Å². The quantitative estimate of drug-likeness (QED) is 0.274. The van der Waals surface area contributed by atoms with Gasteiger partial charge in [-0.05, 0) is 60.4 Å². The summed E-state index contributed by atoms with van der Waals surface area (Å²) in [5.74, 6) is 0.260. The van der Waals surface area contributed by atoms with Gasteiger partial charge in [0.15, 0.2) is 0 Å². The van der Waals surface area contributed by atoms with Crippen molar-refractivity contribution < 1.29 is 10.2 Å². The lowest BCUT2D eigenvalue weighted by Crippen LogP contribution is -2.32. The maximum atomic E-state index is 10.7. The minimum Gasteiger partial charge on any atom is -0.508 e. The molecule has 5 N–H and O–H groups in total. The number of anilines is 1. The number of aromatic nitrogens is 1. The number of para-hydroxylation sites is 1. The van der Waals surface area contributed by atoms with Crippen molar-refractivity contribution in [2.45, 2.75) is 32.0 Å². The Hall–Kier alpha value is -3.28. The summed E-state index contributed by atoms with van der Waals surface area (Å²) in [6.07, 6.45) is 2.37. The van der Waals surface area contributed by atoms with Crippen LogP contribution in [0.15, 0.2) is 79.0 Å². The molecule has 0 spiro atoms. The van der Waals surface area contributed by atoms with Crippen molar-refractivity contribution in [2.24, 2.45) is 0 Å². The molecule has 0 fully saturated rings. The van der Waals surface area contributed by atoms with E-state index in [1.54, 1.807) is 12.1 Å². The minimum atomic E-state index is -0.590. The molecular weight excluding hydrogens is 386 g/mol. The zero-order valence-electron chi connectivity index (χ0n) is 17.7. The van der Waals surface area contributed by atoms with E-state index >= 15 is 0 Å². The fourth-order valence-electron chi connectivity index (χ4n) is 3.86. The summed E-state index contributed by atoms with van der Waals surface area (Å²) in [4.78, 5) is 3.32. The second-order valence-electron chi connectivity index (χ2n) is 8.04. The van der Waals surface area contributed by atoms with Gasteiger partial charge in [-0.1, -0.05) is 42.5 Å². The van der Waals surface area contributed by atoms with Gasteiger partial charge in [0.05, 0.1) is 6.10 Å². The summed E-state index contributed by atoms with van der Waals surface area (Å²) in [5, 5.41) is 28.3. The number of phenols is 1. The van der Waals surface area contributed by atoms with Crippen molar-refractivity contribution in [3.8, 4) is 5.75 Å². The first-order chi connectivity index (χ1) is 15.1. The second-order valence-corrected chi connectivity index (χ2v) is 8.04. The highest BCUT2D eigenvalue weighted by Crippen LogP contribution is 2.21. The van der Waals surface area contributed by atoms with Crippen LogP contribution in [0.2, 0.25) is 0 Å². The lowest BCUT2D eigenvalue weighted by Gasteiger charge is -2.18. The van der Waals surface area contributed by atoms with E-state index in [1.807, 2.05) is 42.5 Å². The zero-order chi connectivity index (χ0) is 21.6. The number of aromatic hydroxyl groups is 1. The molecule has 0 aliphatic carbocycles. The van der Waals surface area contributed by atoms with Crippen LogP contribution in [0, 0.1) is 0 Å². The molecule has 4 rings (SSSR count). The van der Waals surface area contributed by atoms with Crippen LogP contribution < -0.4 is 10.6 Å². The van der Waals surface area contributed by atoms with Gasteiger partial charge in [0.25, 0.3) is 0 Å². The standard InChI is InChI=1S/C26H29N3O2/c1-18(12-21-16-29-25-11-3-2-10-24(21)25)27-17-26(31)20-7-5-8-22(14-20)28-15-19-6-4-9-23(30)13-19/h2-11,13-14,16,18,26-31H,12,15,17H2,1H3/t18-,26+/m1/s1. The van der Waals surface area contributed by atoms with Crippen molar-refractivity contribution in [2.75, 3.05) is 11.9 Å². The molecule has 0 saturated carbocycles. The molecule has 0 amide bonds. The fourth-order valence-corrected chi connectivity index (χ4v) is 3.86. The van der Waals surface area contributed by atoms with Gasteiger partial charge in [0.1, 0.15) is 5.75 Å². The highest BCUT2D eigenvalue weighted by molar-refractivity contribution is 5.83. The van der Waals surface area contributed by atoms with Crippen molar-refractivity contribution >= 4 is 16.6 Å². The van der Waals surface area contributed by atoms with Crippen molar-refractivity contribution in [3.05, 3.63) is 95.7 Å². The number of H-pyrrole nitrogens is 1. The van der Waals surface area contributed by atoms with Gasteiger partial charge in [-0.25, -0.2) is 0 Å². The molecule has 0 radical (unpaired) electrons. The van der Waals surface area contributed by atoms with E-state index in [0.29, 0.717) is 13.1 Å². The van der Waals surface area contributed by atoms with Gasteiger partial charge < -0.3 is 25.8 Å². The molecule has 0 aliphatic heterocycles. The molecule has 2 atom stereocenters. The highest BCUT2D eigenvalue weighted by atomic mass is 16.3. The summed E-state index contributed by atoms with van der Waals surface area (Å²) < 4.78 is 0. The third-order valence-electron chi connectivity index (χ3n) is 5.54. The molecule has 0 bridgehead atoms. The van der Waals surface area contributed by atoms with E-state index in [9.17, 15) is 10.2 Å². The highest BCUT2D eigenvalue weighted by Gasteiger charge is 2.12. The van der Waals surface area contributed by atoms with Gasteiger partial charge in [0.2, 0.25) is 0 Å². The van der Waals surface area contributed by atoms with Crippen LogP contribution in [-0.2, 0) is 13.0 Å². The molecule has 1 aromatic heterocycles. The summed E-state index contributed by atoms with van der Waals surface area (Å²) in [7, 11) is 0. The first-order valence-corrected chi connectivity index (χ1v) is 10.7.